The van der Waals surface area contributed by atoms with Gasteiger partial charge in [-0.15, -0.1) is 0 Å². The summed E-state index contributed by atoms with van der Waals surface area (Å²) in [7, 11) is 2.10. The summed E-state index contributed by atoms with van der Waals surface area (Å²) in [6.45, 7) is 17.4. The van der Waals surface area contributed by atoms with E-state index in [1.165, 1.54) is 38.3 Å². The van der Waals surface area contributed by atoms with Crippen LogP contribution in [0.1, 0.15) is 64.3 Å². The summed E-state index contributed by atoms with van der Waals surface area (Å²) in [6, 6.07) is 15.5. The number of hydrogen-bond acceptors (Lipinski definition) is 4. The number of aryl methyl sites for hydroxylation is 3. The minimum atomic E-state index is -0.194. The maximum atomic E-state index is 5.00. The molecule has 0 unspecified atom stereocenters. The predicted molar refractivity (Wildman–Crippen MR) is 163 cm³/mol. The molecule has 4 heterocycles. The highest BCUT2D eigenvalue weighted by Crippen LogP contribution is 2.41. The molecule has 6 heteroatoms. The van der Waals surface area contributed by atoms with Gasteiger partial charge in [0.2, 0.25) is 5.52 Å². The molecule has 0 aliphatic heterocycles. The molecule has 7 rings (SSSR count). The first kappa shape index (κ1) is 24.8. The second-order valence-electron chi connectivity index (χ2n) is 13.3. The Bertz CT molecular complexity index is 2120. The number of rotatable bonds is 1. The molecule has 6 nitrogen and oxygen atoms in total. The van der Waals surface area contributed by atoms with Crippen molar-refractivity contribution < 1.29 is 4.57 Å². The van der Waals surface area contributed by atoms with E-state index in [2.05, 4.69) is 114 Å². The largest absolute Gasteiger partial charge is 0.301 e. The van der Waals surface area contributed by atoms with E-state index in [9.17, 15) is 0 Å². The third-order valence-corrected chi connectivity index (χ3v) is 8.25. The summed E-state index contributed by atoms with van der Waals surface area (Å²) in [5.74, 6) is 2.33. The van der Waals surface area contributed by atoms with Crippen LogP contribution in [0.2, 0.25) is 0 Å². The number of fused-ring (bicyclic) bond motifs is 5. The molecule has 200 valence electrons. The molecular formula is C34H35N6+. The molecule has 0 fully saturated rings. The fourth-order valence-corrected chi connectivity index (χ4v) is 6.01. The minimum absolute atomic E-state index is 0.194. The van der Waals surface area contributed by atoms with Crippen molar-refractivity contribution >= 4 is 49.1 Å². The van der Waals surface area contributed by atoms with Crippen LogP contribution in [0, 0.1) is 13.8 Å². The third-order valence-electron chi connectivity index (χ3n) is 8.25. The number of benzene rings is 3. The Balaban J connectivity index is 1.65. The first-order valence-corrected chi connectivity index (χ1v) is 14.0. The Hall–Kier alpha value is -4.19. The number of nitrogens with zero attached hydrogens (tertiary/aromatic N) is 6. The molecule has 0 N–H and O–H groups in total. The molecule has 0 saturated heterocycles. The highest BCUT2D eigenvalue weighted by atomic mass is 15.1. The molecule has 7 aromatic rings. The number of aromatic nitrogens is 6. The quantitative estimate of drug-likeness (QED) is 0.128. The molecule has 0 aliphatic carbocycles. The van der Waals surface area contributed by atoms with Crippen molar-refractivity contribution in [2.24, 2.45) is 7.05 Å². The Morgan fingerprint density at radius 1 is 0.775 bits per heavy atom. The first-order valence-electron chi connectivity index (χ1n) is 14.0. The van der Waals surface area contributed by atoms with E-state index in [0.717, 1.165) is 39.1 Å². The van der Waals surface area contributed by atoms with Gasteiger partial charge in [-0.2, -0.15) is 0 Å². The zero-order valence-corrected chi connectivity index (χ0v) is 24.8. The minimum Gasteiger partial charge on any atom is -0.301 e. The van der Waals surface area contributed by atoms with Crippen LogP contribution in [0.3, 0.4) is 0 Å². The van der Waals surface area contributed by atoms with Gasteiger partial charge in [-0.25, -0.2) is 19.5 Å². The van der Waals surface area contributed by atoms with Crippen LogP contribution in [0.25, 0.3) is 60.5 Å². The Morgan fingerprint density at radius 3 is 2.15 bits per heavy atom. The van der Waals surface area contributed by atoms with Crippen LogP contribution >= 0.6 is 0 Å². The van der Waals surface area contributed by atoms with Gasteiger partial charge in [0, 0.05) is 27.2 Å². The predicted octanol–water partition coefficient (Wildman–Crippen LogP) is 7.27. The van der Waals surface area contributed by atoms with E-state index >= 15 is 0 Å². The van der Waals surface area contributed by atoms with Crippen molar-refractivity contribution in [3.63, 3.8) is 0 Å². The topological polar surface area (TPSA) is 59.8 Å². The van der Waals surface area contributed by atoms with E-state index < -0.39 is 0 Å². The standard InChI is InChI=1S/C34H35N6/c1-18-15-20-11-10-12-23-26(20)25(19(18)2)28-29-27(35-17-39(28)9)22-14-13-21(16-24(22)40(23)29)30-36-31(33(3,4)5)38-32(37-30)34(6,7)8/h10-17H,1-9H3/q+1. The van der Waals surface area contributed by atoms with E-state index in [-0.39, 0.29) is 10.8 Å². The molecule has 0 aliphatic rings. The average molecular weight is 528 g/mol. The molecule has 0 saturated carbocycles. The molecule has 3 aromatic carbocycles. The normalized spacial score (nSPS) is 13.1. The molecule has 0 atom stereocenters. The Kier molecular flexibility index (Phi) is 4.92. The van der Waals surface area contributed by atoms with E-state index in [4.69, 9.17) is 19.9 Å². The second-order valence-corrected chi connectivity index (χ2v) is 13.3. The van der Waals surface area contributed by atoms with Crippen LogP contribution in [-0.2, 0) is 17.9 Å². The summed E-state index contributed by atoms with van der Waals surface area (Å²) in [5, 5.41) is 4.97. The van der Waals surface area contributed by atoms with Crippen LogP contribution in [0.15, 0.2) is 48.8 Å². The van der Waals surface area contributed by atoms with Crippen LogP contribution in [0.4, 0.5) is 0 Å². The Morgan fingerprint density at radius 2 is 1.48 bits per heavy atom. The van der Waals surface area contributed by atoms with Crippen molar-refractivity contribution in [3.05, 3.63) is 71.6 Å². The van der Waals surface area contributed by atoms with Gasteiger partial charge in [0.25, 0.3) is 6.33 Å². The Labute approximate surface area is 234 Å². The molecule has 4 aromatic heterocycles. The molecule has 0 spiro atoms. The summed E-state index contributed by atoms with van der Waals surface area (Å²) in [5.41, 5.74) is 8.87. The maximum absolute atomic E-state index is 5.00. The van der Waals surface area contributed by atoms with Crippen molar-refractivity contribution in [2.75, 3.05) is 0 Å². The summed E-state index contributed by atoms with van der Waals surface area (Å²) < 4.78 is 4.57. The third kappa shape index (κ3) is 3.38. The van der Waals surface area contributed by atoms with Gasteiger partial charge in [0.05, 0.1) is 23.5 Å². The van der Waals surface area contributed by atoms with Gasteiger partial charge < -0.3 is 4.40 Å². The van der Waals surface area contributed by atoms with E-state index in [1.807, 2.05) is 6.33 Å². The molecule has 0 radical (unpaired) electrons. The van der Waals surface area contributed by atoms with Gasteiger partial charge >= 0.3 is 0 Å². The molecule has 0 amide bonds. The zero-order valence-electron chi connectivity index (χ0n) is 24.8. The lowest BCUT2D eigenvalue weighted by Gasteiger charge is -2.22. The molecule has 0 bridgehead atoms. The van der Waals surface area contributed by atoms with Gasteiger partial charge in [-0.3, -0.25) is 0 Å². The summed E-state index contributed by atoms with van der Waals surface area (Å²) in [4.78, 5) is 19.8. The van der Waals surface area contributed by atoms with Gasteiger partial charge in [0.1, 0.15) is 17.2 Å². The van der Waals surface area contributed by atoms with Crippen LogP contribution in [0.5, 0.6) is 0 Å². The van der Waals surface area contributed by atoms with Crippen LogP contribution < -0.4 is 4.57 Å². The zero-order chi connectivity index (χ0) is 28.3. The number of pyridine rings is 1. The maximum Gasteiger partial charge on any atom is 0.287 e. The fourth-order valence-electron chi connectivity index (χ4n) is 6.01. The lowest BCUT2D eigenvalue weighted by molar-refractivity contribution is -0.647. The molecular weight excluding hydrogens is 492 g/mol. The van der Waals surface area contributed by atoms with Gasteiger partial charge in [0.15, 0.2) is 11.3 Å². The summed E-state index contributed by atoms with van der Waals surface area (Å²) >= 11 is 0. The highest BCUT2D eigenvalue weighted by molar-refractivity contribution is 6.25. The van der Waals surface area contributed by atoms with Crippen molar-refractivity contribution in [1.82, 2.24) is 24.3 Å². The second kappa shape index (κ2) is 7.94. The van der Waals surface area contributed by atoms with Crippen molar-refractivity contribution in [3.8, 4) is 11.4 Å². The lowest BCUT2D eigenvalue weighted by atomic mass is 9.93. The number of hydrogen-bond donors (Lipinski definition) is 0. The molecule has 40 heavy (non-hydrogen) atoms. The average Bonchev–Trinajstić information content (AvgIpc) is 3.23. The van der Waals surface area contributed by atoms with Crippen molar-refractivity contribution in [2.45, 2.75) is 66.2 Å². The lowest BCUT2D eigenvalue weighted by Crippen LogP contribution is -2.30. The smallest absolute Gasteiger partial charge is 0.287 e. The van der Waals surface area contributed by atoms with Crippen molar-refractivity contribution in [1.29, 1.82) is 0 Å². The van der Waals surface area contributed by atoms with Gasteiger partial charge in [-0.1, -0.05) is 65.8 Å². The summed E-state index contributed by atoms with van der Waals surface area (Å²) in [6.07, 6.45) is 1.95. The monoisotopic (exact) mass is 527 g/mol. The highest BCUT2D eigenvalue weighted by Gasteiger charge is 2.28. The fraction of sp³-hybridized carbons (Fsp3) is 0.324. The SMILES string of the molecule is Cc1cc2cccc3c2c(c1C)c1c2c(nc[n+]1C)c1ccc(-c4nc(C(C)(C)C)nc(C(C)(C)C)n4)cc1n32. The van der Waals surface area contributed by atoms with Crippen LogP contribution in [-0.4, -0.2) is 24.3 Å². The first-order chi connectivity index (χ1) is 18.8. The van der Waals surface area contributed by atoms with E-state index in [0.29, 0.717) is 5.82 Å². The van der Waals surface area contributed by atoms with E-state index in [1.54, 1.807) is 0 Å². The van der Waals surface area contributed by atoms with Gasteiger partial charge in [-0.05, 0) is 53.5 Å².